The van der Waals surface area contributed by atoms with Crippen molar-refractivity contribution in [3.63, 3.8) is 0 Å². The third kappa shape index (κ3) is 3.69. The predicted octanol–water partition coefficient (Wildman–Crippen LogP) is 4.67. The third-order valence-electron chi connectivity index (χ3n) is 7.99. The summed E-state index contributed by atoms with van der Waals surface area (Å²) in [5, 5.41) is 3.85. The molecule has 1 aromatic rings. The van der Waals surface area contributed by atoms with Crippen LogP contribution in [0.5, 0.6) is 0 Å². The molecule has 0 aromatic heterocycles. The standard InChI is InChI=1S/C24H31ClN2O2/c25-20-6-4-19(5-7-20)22(28)26-21(23(29)27-8-2-1-3-9-27)24-13-16-10-17(14-24)12-18(11-16)15-24/h4-7,16-18,21H,1-3,8-15H2,(H,26,28)/t16?,17?,18?,21-,24?/m1/s1. The number of benzene rings is 1. The van der Waals surface area contributed by atoms with E-state index in [4.69, 9.17) is 11.6 Å². The molecule has 6 rings (SSSR count). The van der Waals surface area contributed by atoms with Crippen molar-refractivity contribution in [2.24, 2.45) is 23.2 Å². The van der Waals surface area contributed by atoms with Crippen LogP contribution in [0.3, 0.4) is 0 Å². The van der Waals surface area contributed by atoms with Crippen LogP contribution in [0.25, 0.3) is 0 Å². The average molecular weight is 415 g/mol. The van der Waals surface area contributed by atoms with Gasteiger partial charge in [0.2, 0.25) is 5.91 Å². The number of halogens is 1. The van der Waals surface area contributed by atoms with Gasteiger partial charge in [-0.2, -0.15) is 0 Å². The first-order chi connectivity index (χ1) is 14.0. The van der Waals surface area contributed by atoms with Gasteiger partial charge < -0.3 is 10.2 Å². The van der Waals surface area contributed by atoms with Crippen molar-refractivity contribution in [1.82, 2.24) is 10.2 Å². The fourth-order valence-corrected chi connectivity index (χ4v) is 7.25. The Bertz CT molecular complexity index is 749. The Kier molecular flexibility index (Phi) is 5.09. The number of nitrogens with zero attached hydrogens (tertiary/aromatic N) is 1. The molecule has 0 spiro atoms. The monoisotopic (exact) mass is 414 g/mol. The molecule has 1 N–H and O–H groups in total. The second-order valence-electron chi connectivity index (χ2n) is 10.1. The van der Waals surface area contributed by atoms with Gasteiger partial charge in [0.15, 0.2) is 0 Å². The molecular formula is C24H31ClN2O2. The van der Waals surface area contributed by atoms with Gasteiger partial charge in [0.25, 0.3) is 5.91 Å². The van der Waals surface area contributed by atoms with Gasteiger partial charge in [-0.15, -0.1) is 0 Å². The lowest BCUT2D eigenvalue weighted by Gasteiger charge is -2.59. The molecule has 5 fully saturated rings. The van der Waals surface area contributed by atoms with Crippen molar-refractivity contribution >= 4 is 23.4 Å². The Morgan fingerprint density at radius 2 is 1.48 bits per heavy atom. The first-order valence-electron chi connectivity index (χ1n) is 11.4. The fourth-order valence-electron chi connectivity index (χ4n) is 7.12. The molecule has 4 nitrogen and oxygen atoms in total. The molecule has 1 aliphatic heterocycles. The summed E-state index contributed by atoms with van der Waals surface area (Å²) in [4.78, 5) is 28.9. The normalized spacial score (nSPS) is 34.1. The van der Waals surface area contributed by atoms with Crippen LogP contribution >= 0.6 is 11.6 Å². The summed E-state index contributed by atoms with van der Waals surface area (Å²) < 4.78 is 0. The van der Waals surface area contributed by atoms with Crippen LogP contribution in [0, 0.1) is 23.2 Å². The van der Waals surface area contributed by atoms with E-state index in [1.165, 1.54) is 25.7 Å². The summed E-state index contributed by atoms with van der Waals surface area (Å²) >= 11 is 5.99. The number of nitrogens with one attached hydrogen (secondary N) is 1. The summed E-state index contributed by atoms with van der Waals surface area (Å²) in [7, 11) is 0. The zero-order chi connectivity index (χ0) is 20.0. The Morgan fingerprint density at radius 3 is 2.03 bits per heavy atom. The maximum absolute atomic E-state index is 13.7. The fraction of sp³-hybridized carbons (Fsp3) is 0.667. The Hall–Kier alpha value is -1.55. The highest BCUT2D eigenvalue weighted by Gasteiger charge is 2.56. The van der Waals surface area contributed by atoms with Crippen LogP contribution in [-0.2, 0) is 4.79 Å². The largest absolute Gasteiger partial charge is 0.341 e. The van der Waals surface area contributed by atoms with Crippen LogP contribution in [0.15, 0.2) is 24.3 Å². The average Bonchev–Trinajstić information content (AvgIpc) is 2.71. The summed E-state index contributed by atoms with van der Waals surface area (Å²) in [5.74, 6) is 2.24. The number of hydrogen-bond acceptors (Lipinski definition) is 2. The first-order valence-corrected chi connectivity index (χ1v) is 11.8. The third-order valence-corrected chi connectivity index (χ3v) is 8.25. The highest BCUT2D eigenvalue weighted by molar-refractivity contribution is 6.30. The molecule has 1 aromatic carbocycles. The van der Waals surface area contributed by atoms with Crippen molar-refractivity contribution in [3.8, 4) is 0 Å². The minimum Gasteiger partial charge on any atom is -0.341 e. The minimum atomic E-state index is -0.392. The molecule has 1 atom stereocenters. The number of carbonyl (C=O) groups is 2. The molecule has 5 heteroatoms. The summed E-state index contributed by atoms with van der Waals surface area (Å²) in [6.07, 6.45) is 10.6. The van der Waals surface area contributed by atoms with Crippen molar-refractivity contribution in [3.05, 3.63) is 34.9 Å². The number of amides is 2. The van der Waals surface area contributed by atoms with Gasteiger partial charge in [0.1, 0.15) is 6.04 Å². The van der Waals surface area contributed by atoms with Crippen LogP contribution in [0.2, 0.25) is 5.02 Å². The van der Waals surface area contributed by atoms with Crippen molar-refractivity contribution in [1.29, 1.82) is 0 Å². The maximum atomic E-state index is 13.7. The quantitative estimate of drug-likeness (QED) is 0.778. The molecule has 4 aliphatic carbocycles. The molecule has 5 aliphatic rings. The van der Waals surface area contributed by atoms with Crippen LogP contribution in [0.1, 0.15) is 68.1 Å². The summed E-state index contributed by atoms with van der Waals surface area (Å²) in [6, 6.07) is 6.59. The van der Waals surface area contributed by atoms with E-state index in [2.05, 4.69) is 5.32 Å². The van der Waals surface area contributed by atoms with Gasteiger partial charge in [0, 0.05) is 29.1 Å². The zero-order valence-corrected chi connectivity index (χ0v) is 17.8. The second-order valence-corrected chi connectivity index (χ2v) is 10.5. The molecular weight excluding hydrogens is 384 g/mol. The lowest BCUT2D eigenvalue weighted by Crippen LogP contribution is -2.62. The Labute approximate surface area is 178 Å². The van der Waals surface area contributed by atoms with E-state index >= 15 is 0 Å². The minimum absolute atomic E-state index is 0.0502. The van der Waals surface area contributed by atoms with Gasteiger partial charge >= 0.3 is 0 Å². The Balaban J connectivity index is 1.43. The van der Waals surface area contributed by atoms with E-state index < -0.39 is 6.04 Å². The van der Waals surface area contributed by atoms with Gasteiger partial charge in [0.05, 0.1) is 0 Å². The molecule has 0 unspecified atom stereocenters. The number of hydrogen-bond donors (Lipinski definition) is 1. The molecule has 29 heavy (non-hydrogen) atoms. The number of likely N-dealkylation sites (tertiary alicyclic amines) is 1. The van der Waals surface area contributed by atoms with Crippen LogP contribution < -0.4 is 5.32 Å². The van der Waals surface area contributed by atoms with E-state index in [1.807, 2.05) is 4.90 Å². The van der Waals surface area contributed by atoms with E-state index in [-0.39, 0.29) is 17.2 Å². The summed E-state index contributed by atoms with van der Waals surface area (Å²) in [6.45, 7) is 1.66. The van der Waals surface area contributed by atoms with Gasteiger partial charge in [-0.25, -0.2) is 0 Å². The van der Waals surface area contributed by atoms with Crippen molar-refractivity contribution in [2.75, 3.05) is 13.1 Å². The molecule has 0 radical (unpaired) electrons. The number of carbonyl (C=O) groups excluding carboxylic acids is 2. The lowest BCUT2D eigenvalue weighted by molar-refractivity contribution is -0.145. The highest BCUT2D eigenvalue weighted by Crippen LogP contribution is 2.61. The smallest absolute Gasteiger partial charge is 0.251 e. The molecule has 1 heterocycles. The maximum Gasteiger partial charge on any atom is 0.251 e. The van der Waals surface area contributed by atoms with E-state index in [1.54, 1.807) is 24.3 Å². The Morgan fingerprint density at radius 1 is 0.931 bits per heavy atom. The van der Waals surface area contributed by atoms with Crippen LogP contribution in [-0.4, -0.2) is 35.8 Å². The molecule has 4 bridgehead atoms. The van der Waals surface area contributed by atoms with E-state index in [0.29, 0.717) is 10.6 Å². The van der Waals surface area contributed by atoms with Gasteiger partial charge in [-0.1, -0.05) is 11.6 Å². The number of piperidine rings is 1. The second kappa shape index (κ2) is 7.61. The lowest BCUT2D eigenvalue weighted by atomic mass is 9.47. The topological polar surface area (TPSA) is 49.4 Å². The molecule has 156 valence electrons. The van der Waals surface area contributed by atoms with E-state index in [9.17, 15) is 9.59 Å². The first kappa shape index (κ1) is 19.4. The zero-order valence-electron chi connectivity index (χ0n) is 17.0. The van der Waals surface area contributed by atoms with Crippen molar-refractivity contribution < 1.29 is 9.59 Å². The van der Waals surface area contributed by atoms with Gasteiger partial charge in [-0.05, 0) is 99.8 Å². The van der Waals surface area contributed by atoms with E-state index in [0.717, 1.165) is 62.9 Å². The molecule has 1 saturated heterocycles. The number of rotatable bonds is 4. The van der Waals surface area contributed by atoms with Crippen LogP contribution in [0.4, 0.5) is 0 Å². The summed E-state index contributed by atoms with van der Waals surface area (Å²) in [5.41, 5.74) is 0.529. The molecule has 4 saturated carbocycles. The van der Waals surface area contributed by atoms with Gasteiger partial charge in [-0.3, -0.25) is 9.59 Å². The SMILES string of the molecule is O=C(N[C@H](C(=O)N1CCCCC1)C12CC3CC(CC(C3)C1)C2)c1ccc(Cl)cc1. The highest BCUT2D eigenvalue weighted by atomic mass is 35.5. The van der Waals surface area contributed by atoms with Crippen molar-refractivity contribution in [2.45, 2.75) is 63.8 Å². The predicted molar refractivity (Wildman–Crippen MR) is 114 cm³/mol. The molecule has 2 amide bonds.